The van der Waals surface area contributed by atoms with Crippen molar-refractivity contribution >= 4 is 17.8 Å². The fourth-order valence-corrected chi connectivity index (χ4v) is 4.50. The third-order valence-electron chi connectivity index (χ3n) is 6.21. The molecule has 3 rings (SSSR count). The quantitative estimate of drug-likeness (QED) is 0.325. The normalized spacial score (nSPS) is 19.7. The number of carbonyl (C=O) groups excluding carboxylic acids is 1. The Morgan fingerprint density at radius 1 is 1.12 bits per heavy atom. The van der Waals surface area contributed by atoms with Crippen molar-refractivity contribution in [1.29, 1.82) is 0 Å². The van der Waals surface area contributed by atoms with E-state index in [1.807, 2.05) is 47.4 Å². The Labute approximate surface area is 200 Å². The molecule has 1 aliphatic rings. The minimum Gasteiger partial charge on any atom is -0.491 e. The summed E-state index contributed by atoms with van der Waals surface area (Å²) in [7, 11) is 0. The minimum atomic E-state index is -0.960. The molecule has 34 heavy (non-hydrogen) atoms. The highest BCUT2D eigenvalue weighted by atomic mass is 16.5. The van der Waals surface area contributed by atoms with E-state index in [1.54, 1.807) is 6.92 Å². The van der Waals surface area contributed by atoms with Crippen LogP contribution in [-0.2, 0) is 22.4 Å². The van der Waals surface area contributed by atoms with Crippen molar-refractivity contribution in [2.75, 3.05) is 19.7 Å². The summed E-state index contributed by atoms with van der Waals surface area (Å²) in [6, 6.07) is 17.7. The fourth-order valence-electron chi connectivity index (χ4n) is 4.50. The molecular formula is C26H34N4O4. The first kappa shape index (κ1) is 25.1. The summed E-state index contributed by atoms with van der Waals surface area (Å²) in [6.45, 7) is 3.16. The van der Waals surface area contributed by atoms with Crippen LogP contribution in [-0.4, -0.2) is 53.6 Å². The van der Waals surface area contributed by atoms with E-state index in [0.29, 0.717) is 31.9 Å². The number of aryl methyl sites for hydroxylation is 1. The zero-order chi connectivity index (χ0) is 24.6. The highest BCUT2D eigenvalue weighted by Crippen LogP contribution is 2.39. The third-order valence-corrected chi connectivity index (χ3v) is 6.21. The van der Waals surface area contributed by atoms with Gasteiger partial charge in [0.15, 0.2) is 5.96 Å². The van der Waals surface area contributed by atoms with Crippen LogP contribution < -0.4 is 16.2 Å². The van der Waals surface area contributed by atoms with Crippen molar-refractivity contribution in [2.24, 2.45) is 21.9 Å². The molecule has 0 aromatic heterocycles. The molecule has 2 aromatic carbocycles. The number of hydrogen-bond donors (Lipinski definition) is 3. The average Bonchev–Trinajstić information content (AvgIpc) is 3.02. The molecule has 1 saturated heterocycles. The van der Waals surface area contributed by atoms with Gasteiger partial charge in [-0.1, -0.05) is 49.4 Å². The van der Waals surface area contributed by atoms with Crippen molar-refractivity contribution in [1.82, 2.24) is 4.90 Å². The van der Waals surface area contributed by atoms with Gasteiger partial charge in [-0.15, -0.1) is 0 Å². The molecule has 8 heteroatoms. The Morgan fingerprint density at radius 2 is 1.79 bits per heavy atom. The number of aliphatic imine (C=N–C) groups is 1. The molecule has 1 amide bonds. The van der Waals surface area contributed by atoms with Gasteiger partial charge in [0.1, 0.15) is 12.4 Å². The number of carboxylic acids is 1. The van der Waals surface area contributed by atoms with Crippen molar-refractivity contribution in [3.05, 3.63) is 65.7 Å². The topological polar surface area (TPSA) is 131 Å². The molecule has 0 unspecified atom stereocenters. The van der Waals surface area contributed by atoms with Crippen LogP contribution in [0.1, 0.15) is 37.3 Å². The zero-order valence-electron chi connectivity index (χ0n) is 19.7. The van der Waals surface area contributed by atoms with Crippen LogP contribution in [0.4, 0.5) is 0 Å². The van der Waals surface area contributed by atoms with E-state index in [-0.39, 0.29) is 24.3 Å². The number of guanidine groups is 1. The number of ether oxygens (including phenoxy) is 1. The Morgan fingerprint density at radius 3 is 2.44 bits per heavy atom. The lowest BCUT2D eigenvalue weighted by molar-refractivity contribution is -0.146. The number of benzene rings is 2. The van der Waals surface area contributed by atoms with E-state index in [2.05, 4.69) is 17.1 Å². The second kappa shape index (κ2) is 11.5. The minimum absolute atomic E-state index is 0.0780. The number of carboxylic acid groups (broad SMARTS) is 1. The summed E-state index contributed by atoms with van der Waals surface area (Å²) in [5.41, 5.74) is 12.1. The molecule has 182 valence electrons. The Kier molecular flexibility index (Phi) is 8.51. The van der Waals surface area contributed by atoms with Crippen LogP contribution in [0, 0.1) is 5.41 Å². The molecule has 5 N–H and O–H groups in total. The highest BCUT2D eigenvalue weighted by Gasteiger charge is 2.49. The van der Waals surface area contributed by atoms with Gasteiger partial charge in [0, 0.05) is 13.1 Å². The number of hydrogen-bond acceptors (Lipinski definition) is 4. The predicted octanol–water partition coefficient (Wildman–Crippen LogP) is 2.60. The van der Waals surface area contributed by atoms with E-state index in [9.17, 15) is 14.7 Å². The summed E-state index contributed by atoms with van der Waals surface area (Å²) in [5.74, 6) is -0.284. The van der Waals surface area contributed by atoms with E-state index in [4.69, 9.17) is 16.2 Å². The maximum Gasteiger partial charge on any atom is 0.304 e. The molecule has 0 saturated carbocycles. The SMILES string of the molecule is C[C@@]1(CC(=O)O)C[C@H](COc2ccc(CCN=C(N)N)cc2)N(CCCc2ccccc2)C1=O. The summed E-state index contributed by atoms with van der Waals surface area (Å²) < 4.78 is 6.02. The summed E-state index contributed by atoms with van der Waals surface area (Å²) in [4.78, 5) is 30.4. The lowest BCUT2D eigenvalue weighted by Gasteiger charge is -2.25. The molecule has 0 aliphatic carbocycles. The first-order valence-corrected chi connectivity index (χ1v) is 11.6. The average molecular weight is 467 g/mol. The summed E-state index contributed by atoms with van der Waals surface area (Å²) >= 11 is 0. The molecule has 1 heterocycles. The lowest BCUT2D eigenvalue weighted by Crippen LogP contribution is -2.39. The number of aliphatic carboxylic acids is 1. The zero-order valence-corrected chi connectivity index (χ0v) is 19.7. The Bertz CT molecular complexity index is 990. The van der Waals surface area contributed by atoms with Gasteiger partial charge >= 0.3 is 5.97 Å². The number of nitrogens with zero attached hydrogens (tertiary/aromatic N) is 2. The van der Waals surface area contributed by atoms with Crippen LogP contribution in [0.3, 0.4) is 0 Å². The molecule has 0 spiro atoms. The molecule has 0 bridgehead atoms. The third kappa shape index (κ3) is 6.97. The first-order valence-electron chi connectivity index (χ1n) is 11.6. The Hall–Kier alpha value is -3.55. The molecule has 8 nitrogen and oxygen atoms in total. The van der Waals surface area contributed by atoms with Crippen molar-refractivity contribution in [3.8, 4) is 5.75 Å². The van der Waals surface area contributed by atoms with E-state index < -0.39 is 11.4 Å². The largest absolute Gasteiger partial charge is 0.491 e. The van der Waals surface area contributed by atoms with Gasteiger partial charge in [-0.2, -0.15) is 0 Å². The van der Waals surface area contributed by atoms with Crippen molar-refractivity contribution in [3.63, 3.8) is 0 Å². The molecule has 0 radical (unpaired) electrons. The predicted molar refractivity (Wildman–Crippen MR) is 132 cm³/mol. The van der Waals surface area contributed by atoms with Gasteiger partial charge in [-0.3, -0.25) is 14.6 Å². The molecule has 2 atom stereocenters. The van der Waals surface area contributed by atoms with Crippen LogP contribution in [0.15, 0.2) is 59.6 Å². The van der Waals surface area contributed by atoms with E-state index in [1.165, 1.54) is 5.56 Å². The second-order valence-corrected chi connectivity index (χ2v) is 9.09. The monoisotopic (exact) mass is 466 g/mol. The van der Waals surface area contributed by atoms with Gasteiger partial charge < -0.3 is 26.2 Å². The van der Waals surface area contributed by atoms with Crippen LogP contribution in [0.5, 0.6) is 5.75 Å². The number of nitrogens with two attached hydrogens (primary N) is 2. The van der Waals surface area contributed by atoms with E-state index >= 15 is 0 Å². The van der Waals surface area contributed by atoms with Gasteiger partial charge in [-0.05, 0) is 48.9 Å². The summed E-state index contributed by atoms with van der Waals surface area (Å²) in [5, 5.41) is 9.36. The number of carbonyl (C=O) groups is 2. The number of likely N-dealkylation sites (tertiary alicyclic amines) is 1. The lowest BCUT2D eigenvalue weighted by atomic mass is 9.84. The van der Waals surface area contributed by atoms with Gasteiger partial charge in [0.25, 0.3) is 0 Å². The number of amides is 1. The molecule has 1 aliphatic heterocycles. The fraction of sp³-hybridized carbons (Fsp3) is 0.423. The molecular weight excluding hydrogens is 432 g/mol. The van der Waals surface area contributed by atoms with Crippen LogP contribution in [0.25, 0.3) is 0 Å². The Balaban J connectivity index is 1.61. The molecule has 2 aromatic rings. The van der Waals surface area contributed by atoms with E-state index in [0.717, 1.165) is 24.8 Å². The van der Waals surface area contributed by atoms with Crippen LogP contribution in [0.2, 0.25) is 0 Å². The first-order chi connectivity index (χ1) is 16.3. The summed E-state index contributed by atoms with van der Waals surface area (Å²) in [6.07, 6.45) is 2.66. The highest BCUT2D eigenvalue weighted by molar-refractivity contribution is 5.88. The smallest absolute Gasteiger partial charge is 0.304 e. The maximum absolute atomic E-state index is 13.2. The molecule has 1 fully saturated rings. The standard InChI is InChI=1S/C26H34N4O4/c1-26(17-23(31)32)16-21(30(24(26)33)15-5-8-19-6-3-2-4-7-19)18-34-22-11-9-20(10-12-22)13-14-29-25(27)28/h2-4,6-7,9-12,21H,5,8,13-18H2,1H3,(H,31,32)(H4,27,28,29)/t21-,26+/m1/s1. The van der Waals surface area contributed by atoms with Crippen molar-refractivity contribution in [2.45, 2.75) is 45.1 Å². The van der Waals surface area contributed by atoms with Gasteiger partial charge in [0.05, 0.1) is 17.9 Å². The van der Waals surface area contributed by atoms with Gasteiger partial charge in [0.2, 0.25) is 5.91 Å². The van der Waals surface area contributed by atoms with Crippen LogP contribution >= 0.6 is 0 Å². The van der Waals surface area contributed by atoms with Gasteiger partial charge in [-0.25, -0.2) is 0 Å². The number of rotatable bonds is 12. The van der Waals surface area contributed by atoms with Crippen molar-refractivity contribution < 1.29 is 19.4 Å². The second-order valence-electron chi connectivity index (χ2n) is 9.09. The maximum atomic E-state index is 13.2.